The zero-order valence-corrected chi connectivity index (χ0v) is 12.2. The number of carbonyl (C=O) groups excluding carboxylic acids is 1. The molecule has 1 aromatic rings. The minimum Gasteiger partial charge on any atom is -0.481 e. The number of nitrogens with zero attached hydrogens (tertiary/aromatic N) is 1. The minimum absolute atomic E-state index is 0.0264. The highest BCUT2D eigenvalue weighted by Crippen LogP contribution is 2.29. The SMILES string of the molecule is CC(c1ccc(Cl)cc1Cl)N(C)C(=O)CCC(=O)O. The van der Waals surface area contributed by atoms with Gasteiger partial charge in [-0.3, -0.25) is 9.59 Å². The van der Waals surface area contributed by atoms with Crippen LogP contribution in [-0.4, -0.2) is 28.9 Å². The van der Waals surface area contributed by atoms with Crippen LogP contribution in [0.5, 0.6) is 0 Å². The molecule has 1 unspecified atom stereocenters. The lowest BCUT2D eigenvalue weighted by molar-refractivity contribution is -0.141. The summed E-state index contributed by atoms with van der Waals surface area (Å²) in [7, 11) is 1.62. The van der Waals surface area contributed by atoms with Crippen LogP contribution in [0.4, 0.5) is 0 Å². The van der Waals surface area contributed by atoms with Crippen molar-refractivity contribution in [3.8, 4) is 0 Å². The maximum atomic E-state index is 11.8. The van der Waals surface area contributed by atoms with Gasteiger partial charge in [-0.15, -0.1) is 0 Å². The number of carboxylic acids is 1. The number of aliphatic carboxylic acids is 1. The van der Waals surface area contributed by atoms with Crippen LogP contribution in [0.15, 0.2) is 18.2 Å². The van der Waals surface area contributed by atoms with Gasteiger partial charge in [0.25, 0.3) is 0 Å². The van der Waals surface area contributed by atoms with E-state index >= 15 is 0 Å². The Kier molecular flexibility index (Phi) is 5.63. The van der Waals surface area contributed by atoms with Gasteiger partial charge in [0.15, 0.2) is 0 Å². The van der Waals surface area contributed by atoms with Crippen molar-refractivity contribution >= 4 is 35.1 Å². The molecule has 1 amide bonds. The van der Waals surface area contributed by atoms with Crippen LogP contribution in [0.1, 0.15) is 31.4 Å². The Morgan fingerprint density at radius 2 is 1.95 bits per heavy atom. The second-order valence-electron chi connectivity index (χ2n) is 4.24. The highest BCUT2D eigenvalue weighted by molar-refractivity contribution is 6.35. The third kappa shape index (κ3) is 4.40. The van der Waals surface area contributed by atoms with Gasteiger partial charge < -0.3 is 10.0 Å². The largest absolute Gasteiger partial charge is 0.481 e. The number of halogens is 2. The maximum Gasteiger partial charge on any atom is 0.303 e. The van der Waals surface area contributed by atoms with Gasteiger partial charge in [-0.05, 0) is 24.6 Å². The molecule has 0 heterocycles. The third-order valence-corrected chi connectivity index (χ3v) is 3.50. The Balaban J connectivity index is 2.78. The van der Waals surface area contributed by atoms with Crippen molar-refractivity contribution in [2.24, 2.45) is 0 Å². The normalized spacial score (nSPS) is 12.0. The Hall–Kier alpha value is -1.26. The van der Waals surface area contributed by atoms with Gasteiger partial charge in [0, 0.05) is 23.5 Å². The molecule has 1 N–H and O–H groups in total. The number of rotatable bonds is 5. The molecule has 0 bridgehead atoms. The van der Waals surface area contributed by atoms with Crippen LogP contribution in [0.25, 0.3) is 0 Å². The summed E-state index contributed by atoms with van der Waals surface area (Å²) in [6.45, 7) is 1.83. The van der Waals surface area contributed by atoms with Crippen molar-refractivity contribution in [2.75, 3.05) is 7.05 Å². The standard InChI is InChI=1S/C13H15Cl2NO3/c1-8(10-4-3-9(14)7-11(10)15)16(2)12(17)5-6-13(18)19/h3-4,7-8H,5-6H2,1-2H3,(H,18,19). The number of hydrogen-bond donors (Lipinski definition) is 1. The second kappa shape index (κ2) is 6.78. The molecule has 0 aliphatic heterocycles. The molecule has 0 aliphatic rings. The third-order valence-electron chi connectivity index (χ3n) is 2.94. The summed E-state index contributed by atoms with van der Waals surface area (Å²) in [5.74, 6) is -1.22. The Bertz CT molecular complexity index is 491. The van der Waals surface area contributed by atoms with E-state index in [1.165, 1.54) is 4.90 Å². The van der Waals surface area contributed by atoms with Crippen molar-refractivity contribution in [3.05, 3.63) is 33.8 Å². The van der Waals surface area contributed by atoms with Crippen LogP contribution >= 0.6 is 23.2 Å². The molecule has 6 heteroatoms. The molecule has 0 saturated carbocycles. The van der Waals surface area contributed by atoms with Gasteiger partial charge in [0.1, 0.15) is 0 Å². The van der Waals surface area contributed by atoms with E-state index in [0.717, 1.165) is 5.56 Å². The summed E-state index contributed by atoms with van der Waals surface area (Å²) in [6.07, 6.45) is -0.203. The predicted octanol–water partition coefficient (Wildman–Crippen LogP) is 3.38. The molecular formula is C13H15Cl2NO3. The first kappa shape index (κ1) is 15.8. The number of benzene rings is 1. The van der Waals surface area contributed by atoms with Gasteiger partial charge in [0.2, 0.25) is 5.91 Å². The molecule has 0 aliphatic carbocycles. The summed E-state index contributed by atoms with van der Waals surface area (Å²) in [4.78, 5) is 23.8. The first-order valence-electron chi connectivity index (χ1n) is 5.75. The predicted molar refractivity (Wildman–Crippen MR) is 74.5 cm³/mol. The Labute approximate surface area is 121 Å². The van der Waals surface area contributed by atoms with E-state index in [1.807, 2.05) is 6.92 Å². The van der Waals surface area contributed by atoms with Crippen molar-refractivity contribution in [1.82, 2.24) is 4.90 Å². The summed E-state index contributed by atoms with van der Waals surface area (Å²) < 4.78 is 0. The molecule has 1 atom stereocenters. The number of hydrogen-bond acceptors (Lipinski definition) is 2. The molecule has 0 spiro atoms. The van der Waals surface area contributed by atoms with Crippen molar-refractivity contribution in [2.45, 2.75) is 25.8 Å². The van der Waals surface area contributed by atoms with Gasteiger partial charge in [-0.2, -0.15) is 0 Å². The first-order valence-corrected chi connectivity index (χ1v) is 6.51. The van der Waals surface area contributed by atoms with E-state index in [2.05, 4.69) is 0 Å². The Morgan fingerprint density at radius 1 is 1.32 bits per heavy atom. The van der Waals surface area contributed by atoms with E-state index in [-0.39, 0.29) is 24.8 Å². The molecular weight excluding hydrogens is 289 g/mol. The summed E-state index contributed by atoms with van der Waals surface area (Å²) >= 11 is 11.9. The lowest BCUT2D eigenvalue weighted by Gasteiger charge is -2.26. The quantitative estimate of drug-likeness (QED) is 0.907. The Morgan fingerprint density at radius 3 is 2.47 bits per heavy atom. The second-order valence-corrected chi connectivity index (χ2v) is 5.08. The van der Waals surface area contributed by atoms with Gasteiger partial charge in [-0.1, -0.05) is 29.3 Å². The zero-order valence-electron chi connectivity index (χ0n) is 10.7. The summed E-state index contributed by atoms with van der Waals surface area (Å²) in [5.41, 5.74) is 0.775. The lowest BCUT2D eigenvalue weighted by Crippen LogP contribution is -2.30. The molecule has 0 radical (unpaired) electrons. The lowest BCUT2D eigenvalue weighted by atomic mass is 10.1. The average Bonchev–Trinajstić information content (AvgIpc) is 2.34. The summed E-state index contributed by atoms with van der Waals surface area (Å²) in [6, 6.07) is 4.83. The summed E-state index contributed by atoms with van der Waals surface area (Å²) in [5, 5.41) is 9.58. The monoisotopic (exact) mass is 303 g/mol. The highest BCUT2D eigenvalue weighted by atomic mass is 35.5. The van der Waals surface area contributed by atoms with Crippen LogP contribution in [0, 0.1) is 0 Å². The minimum atomic E-state index is -0.987. The van der Waals surface area contributed by atoms with Crippen LogP contribution in [-0.2, 0) is 9.59 Å². The van der Waals surface area contributed by atoms with E-state index in [9.17, 15) is 9.59 Å². The molecule has 19 heavy (non-hydrogen) atoms. The van der Waals surface area contributed by atoms with Crippen molar-refractivity contribution < 1.29 is 14.7 Å². The van der Waals surface area contributed by atoms with Crippen molar-refractivity contribution in [1.29, 1.82) is 0 Å². The fourth-order valence-electron chi connectivity index (χ4n) is 1.66. The molecule has 0 saturated heterocycles. The molecule has 0 aromatic heterocycles. The topological polar surface area (TPSA) is 57.6 Å². The first-order chi connectivity index (χ1) is 8.82. The van der Waals surface area contributed by atoms with Crippen molar-refractivity contribution in [3.63, 3.8) is 0 Å². The smallest absolute Gasteiger partial charge is 0.303 e. The van der Waals surface area contributed by atoms with Gasteiger partial charge >= 0.3 is 5.97 Å². The van der Waals surface area contributed by atoms with E-state index in [0.29, 0.717) is 10.0 Å². The zero-order chi connectivity index (χ0) is 14.6. The molecule has 0 fully saturated rings. The molecule has 1 rings (SSSR count). The van der Waals surface area contributed by atoms with Gasteiger partial charge in [-0.25, -0.2) is 0 Å². The van der Waals surface area contributed by atoms with E-state index in [4.69, 9.17) is 28.3 Å². The number of carbonyl (C=O) groups is 2. The van der Waals surface area contributed by atoms with Gasteiger partial charge in [0.05, 0.1) is 12.5 Å². The molecule has 4 nitrogen and oxygen atoms in total. The van der Waals surface area contributed by atoms with Crippen LogP contribution < -0.4 is 0 Å². The van der Waals surface area contributed by atoms with Crippen LogP contribution in [0.2, 0.25) is 10.0 Å². The van der Waals surface area contributed by atoms with E-state index in [1.54, 1.807) is 25.2 Å². The molecule has 1 aromatic carbocycles. The van der Waals surface area contributed by atoms with E-state index < -0.39 is 5.97 Å². The number of amides is 1. The highest BCUT2D eigenvalue weighted by Gasteiger charge is 2.20. The molecule has 104 valence electrons. The fraction of sp³-hybridized carbons (Fsp3) is 0.385. The fourth-order valence-corrected chi connectivity index (χ4v) is 2.22. The number of carboxylic acid groups (broad SMARTS) is 1. The average molecular weight is 304 g/mol. The van der Waals surface area contributed by atoms with Crippen LogP contribution in [0.3, 0.4) is 0 Å². The maximum absolute atomic E-state index is 11.8.